The fraction of sp³-hybridized carbons (Fsp3) is 0.850. The first-order chi connectivity index (χ1) is 44.7. The molecule has 11 heteroatoms. The van der Waals surface area contributed by atoms with Crippen molar-refractivity contribution in [3.63, 3.8) is 0 Å². The van der Waals surface area contributed by atoms with Crippen LogP contribution in [0.4, 0.5) is 0 Å². The zero-order valence-electron chi connectivity index (χ0n) is 59.3. The summed E-state index contributed by atoms with van der Waals surface area (Å²) in [5, 5.41) is 54.3. The van der Waals surface area contributed by atoms with Crippen LogP contribution in [-0.4, -0.2) is 100 Å². The molecule has 0 aromatic carbocycles. The van der Waals surface area contributed by atoms with Gasteiger partial charge in [-0.15, -0.1) is 0 Å². The van der Waals surface area contributed by atoms with Gasteiger partial charge in [0, 0.05) is 12.8 Å². The number of allylic oxidation sites excluding steroid dienone is 9. The van der Waals surface area contributed by atoms with E-state index in [2.05, 4.69) is 54.8 Å². The predicted octanol–water partition coefficient (Wildman–Crippen LogP) is 20.9. The Balaban J connectivity index is 1.87. The highest BCUT2D eigenvalue weighted by molar-refractivity contribution is 5.76. The molecule has 0 bridgehead atoms. The van der Waals surface area contributed by atoms with Crippen LogP contribution in [0.2, 0.25) is 0 Å². The number of hydrogen-bond acceptors (Lipinski definition) is 10. The van der Waals surface area contributed by atoms with Crippen molar-refractivity contribution in [3.8, 4) is 0 Å². The SMILES string of the molecule is C/C=C/CC/C=C/CC/C=C/C(O)C(COC1OC(CO)C(O)C(O)C1O)NC(=O)CCCCCCCCCCCCCCCCCCC/C=C\C/C=C\CCCCCCCCCCCCCCCOC(=O)CCCCCCCCCCCCCCCCCCC. The van der Waals surface area contributed by atoms with Crippen LogP contribution in [0.25, 0.3) is 0 Å². The van der Waals surface area contributed by atoms with E-state index in [9.17, 15) is 35.1 Å². The van der Waals surface area contributed by atoms with Crippen molar-refractivity contribution >= 4 is 11.9 Å². The molecule has 7 unspecified atom stereocenters. The summed E-state index contributed by atoms with van der Waals surface area (Å²) in [5.74, 6) is -0.180. The number of esters is 1. The Morgan fingerprint density at radius 2 is 0.791 bits per heavy atom. The van der Waals surface area contributed by atoms with Crippen LogP contribution in [0.5, 0.6) is 0 Å². The van der Waals surface area contributed by atoms with Crippen molar-refractivity contribution < 1.29 is 49.3 Å². The van der Waals surface area contributed by atoms with Crippen LogP contribution < -0.4 is 5.32 Å². The number of aliphatic hydroxyl groups is 5. The highest BCUT2D eigenvalue weighted by Crippen LogP contribution is 2.24. The first-order valence-electron chi connectivity index (χ1n) is 39.0. The smallest absolute Gasteiger partial charge is 0.305 e. The van der Waals surface area contributed by atoms with E-state index in [1.807, 2.05) is 19.1 Å². The van der Waals surface area contributed by atoms with Gasteiger partial charge in [-0.3, -0.25) is 9.59 Å². The summed E-state index contributed by atoms with van der Waals surface area (Å²) >= 11 is 0. The maximum absolute atomic E-state index is 13.0. The van der Waals surface area contributed by atoms with E-state index in [0.717, 1.165) is 64.2 Å². The molecule has 0 aromatic rings. The second-order valence-electron chi connectivity index (χ2n) is 27.1. The molecule has 1 fully saturated rings. The third-order valence-electron chi connectivity index (χ3n) is 18.4. The lowest BCUT2D eigenvalue weighted by Crippen LogP contribution is -2.60. The number of rotatable bonds is 69. The van der Waals surface area contributed by atoms with Crippen molar-refractivity contribution in [2.45, 2.75) is 416 Å². The first kappa shape index (κ1) is 86.4. The number of nitrogens with one attached hydrogen (secondary N) is 1. The Morgan fingerprint density at radius 3 is 1.21 bits per heavy atom. The minimum absolute atomic E-state index is 0.0165. The fourth-order valence-corrected chi connectivity index (χ4v) is 12.3. The molecule has 1 amide bonds. The van der Waals surface area contributed by atoms with Crippen molar-refractivity contribution in [2.24, 2.45) is 0 Å². The molecule has 0 radical (unpaired) electrons. The number of ether oxygens (including phenoxy) is 3. The number of aliphatic hydroxyl groups excluding tert-OH is 5. The van der Waals surface area contributed by atoms with Crippen molar-refractivity contribution in [3.05, 3.63) is 60.8 Å². The van der Waals surface area contributed by atoms with Gasteiger partial charge in [0.05, 0.1) is 32.0 Å². The van der Waals surface area contributed by atoms with E-state index >= 15 is 0 Å². The minimum Gasteiger partial charge on any atom is -0.466 e. The lowest BCUT2D eigenvalue weighted by atomic mass is 9.99. The van der Waals surface area contributed by atoms with E-state index < -0.39 is 49.5 Å². The maximum atomic E-state index is 13.0. The summed E-state index contributed by atoms with van der Waals surface area (Å²) in [5.41, 5.74) is 0. The van der Waals surface area contributed by atoms with Crippen LogP contribution >= 0.6 is 0 Å². The molecule has 1 aliphatic rings. The van der Waals surface area contributed by atoms with E-state index in [4.69, 9.17) is 14.2 Å². The molecule has 0 aromatic heterocycles. The van der Waals surface area contributed by atoms with Gasteiger partial charge >= 0.3 is 5.97 Å². The van der Waals surface area contributed by atoms with Gasteiger partial charge in [0.2, 0.25) is 5.91 Å². The molecule has 532 valence electrons. The average Bonchev–Trinajstić information content (AvgIpc) is 1.42. The molecular weight excluding hydrogens is 1130 g/mol. The molecule has 1 saturated heterocycles. The van der Waals surface area contributed by atoms with E-state index in [-0.39, 0.29) is 18.5 Å². The van der Waals surface area contributed by atoms with Gasteiger partial charge in [-0.25, -0.2) is 0 Å². The van der Waals surface area contributed by atoms with Crippen LogP contribution in [0.15, 0.2) is 60.8 Å². The standard InChI is InChI=1S/C80H147NO10/c1-3-5-7-9-11-13-14-15-16-38-42-45-48-52-56-60-64-68-76(85)89-69-65-61-57-53-49-46-43-40-37-35-33-31-29-27-25-23-21-19-17-18-20-22-24-26-28-30-32-34-36-39-41-44-47-51-55-59-63-67-75(84)81-72(73(83)66-62-58-54-50-12-10-8-6-4-2)71-90-80-79(88)78(87)77(86)74(70-82)91-80/h4,6,12,17,19,23,25,50,62,66,72-74,77-80,82-83,86-88H,3,5,7-11,13-16,18,20-22,24,26-49,51-61,63-65,67-71H2,1-2H3,(H,81,84)/b6-4+,19-17-,25-23-,50-12+,66-62+. The molecule has 1 aliphatic heterocycles. The predicted molar refractivity (Wildman–Crippen MR) is 384 cm³/mol. The summed E-state index contributed by atoms with van der Waals surface area (Å²) in [6.07, 6.45) is 82.9. The highest BCUT2D eigenvalue weighted by Gasteiger charge is 2.44. The molecule has 7 atom stereocenters. The molecule has 91 heavy (non-hydrogen) atoms. The van der Waals surface area contributed by atoms with E-state index in [1.165, 1.54) is 283 Å². The molecule has 0 aliphatic carbocycles. The Morgan fingerprint density at radius 1 is 0.429 bits per heavy atom. The zero-order valence-corrected chi connectivity index (χ0v) is 59.3. The third kappa shape index (κ3) is 57.3. The van der Waals surface area contributed by atoms with E-state index in [1.54, 1.807) is 6.08 Å². The molecule has 11 nitrogen and oxygen atoms in total. The molecule has 1 heterocycles. The first-order valence-corrected chi connectivity index (χ1v) is 39.0. The van der Waals surface area contributed by atoms with Gasteiger partial charge in [-0.2, -0.15) is 0 Å². The highest BCUT2D eigenvalue weighted by atomic mass is 16.7. The quantitative estimate of drug-likeness (QED) is 0.0195. The molecule has 6 N–H and O–H groups in total. The molecule has 0 spiro atoms. The zero-order chi connectivity index (χ0) is 65.8. The largest absolute Gasteiger partial charge is 0.466 e. The van der Waals surface area contributed by atoms with Crippen LogP contribution in [0.3, 0.4) is 0 Å². The number of unbranched alkanes of at least 4 members (excludes halogenated alkanes) is 48. The summed E-state index contributed by atoms with van der Waals surface area (Å²) in [6.45, 7) is 4.13. The Bertz CT molecular complexity index is 1700. The van der Waals surface area contributed by atoms with Crippen molar-refractivity contribution in [1.82, 2.24) is 5.32 Å². The monoisotopic (exact) mass is 1280 g/mol. The molecule has 0 saturated carbocycles. The normalized spacial score (nSPS) is 17.9. The van der Waals surface area contributed by atoms with Crippen molar-refractivity contribution in [1.29, 1.82) is 0 Å². The lowest BCUT2D eigenvalue weighted by Gasteiger charge is -2.40. The molecular formula is C80H147NO10. The number of carbonyl (C=O) groups excluding carboxylic acids is 2. The lowest BCUT2D eigenvalue weighted by molar-refractivity contribution is -0.302. The van der Waals surface area contributed by atoms with Crippen LogP contribution in [0.1, 0.15) is 373 Å². The third-order valence-corrected chi connectivity index (χ3v) is 18.4. The fourth-order valence-electron chi connectivity index (χ4n) is 12.3. The Kier molecular flexibility index (Phi) is 65.2. The maximum Gasteiger partial charge on any atom is 0.305 e. The minimum atomic E-state index is -1.58. The number of amides is 1. The average molecular weight is 1280 g/mol. The van der Waals surface area contributed by atoms with Gasteiger partial charge in [-0.05, 0) is 84.0 Å². The summed E-state index contributed by atoms with van der Waals surface area (Å²) in [7, 11) is 0. The Hall–Kier alpha value is -2.64. The molecule has 1 rings (SSSR count). The van der Waals surface area contributed by atoms with Gasteiger partial charge < -0.3 is 45.1 Å². The van der Waals surface area contributed by atoms with Gasteiger partial charge in [0.15, 0.2) is 6.29 Å². The Labute approximate surface area is 560 Å². The second-order valence-corrected chi connectivity index (χ2v) is 27.1. The second kappa shape index (κ2) is 68.7. The van der Waals surface area contributed by atoms with Gasteiger partial charge in [0.1, 0.15) is 24.4 Å². The van der Waals surface area contributed by atoms with Crippen LogP contribution in [0, 0.1) is 0 Å². The van der Waals surface area contributed by atoms with E-state index in [0.29, 0.717) is 19.4 Å². The number of hydrogen-bond donors (Lipinski definition) is 6. The van der Waals surface area contributed by atoms with Gasteiger partial charge in [0.25, 0.3) is 0 Å². The summed E-state index contributed by atoms with van der Waals surface area (Å²) in [6, 6.07) is -0.832. The van der Waals surface area contributed by atoms with Crippen LogP contribution in [-0.2, 0) is 23.8 Å². The van der Waals surface area contributed by atoms with Crippen molar-refractivity contribution in [2.75, 3.05) is 19.8 Å². The number of carbonyl (C=O) groups is 2. The topological polar surface area (TPSA) is 175 Å². The van der Waals surface area contributed by atoms with Gasteiger partial charge in [-0.1, -0.05) is 337 Å². The summed E-state index contributed by atoms with van der Waals surface area (Å²) in [4.78, 5) is 25.1. The summed E-state index contributed by atoms with van der Waals surface area (Å²) < 4.78 is 16.7.